The zero-order valence-electron chi connectivity index (χ0n) is 21.8. The molecule has 3 heterocycles. The molecule has 39 heavy (non-hydrogen) atoms. The van der Waals surface area contributed by atoms with Crippen molar-refractivity contribution in [2.75, 3.05) is 27.3 Å². The molecule has 1 fully saturated rings. The Labute approximate surface area is 228 Å². The number of hydrogen-bond acceptors (Lipinski definition) is 8. The highest BCUT2D eigenvalue weighted by atomic mass is 32.2. The lowest BCUT2D eigenvalue weighted by molar-refractivity contribution is -0.140. The monoisotopic (exact) mass is 562 g/mol. The van der Waals surface area contributed by atoms with E-state index in [0.717, 1.165) is 11.0 Å². The zero-order valence-corrected chi connectivity index (χ0v) is 22.6. The molecule has 0 saturated carbocycles. The molecule has 0 spiro atoms. The lowest BCUT2D eigenvalue weighted by atomic mass is 9.90. The number of fused-ring (bicyclic) bond motifs is 1. The van der Waals surface area contributed by atoms with E-state index in [1.54, 1.807) is 18.1 Å². The molecule has 208 valence electrons. The van der Waals surface area contributed by atoms with E-state index < -0.39 is 17.5 Å². The van der Waals surface area contributed by atoms with Crippen molar-refractivity contribution in [2.24, 2.45) is 5.73 Å². The third kappa shape index (κ3) is 5.54. The number of piperidine rings is 1. The molecule has 0 radical (unpaired) electrons. The molecule has 0 atom stereocenters. The first-order chi connectivity index (χ1) is 18.6. The Bertz CT molecular complexity index is 1410. The van der Waals surface area contributed by atoms with Gasteiger partial charge in [0, 0.05) is 36.1 Å². The van der Waals surface area contributed by atoms with Gasteiger partial charge in [0.25, 0.3) is 5.91 Å². The average molecular weight is 563 g/mol. The molecule has 0 aliphatic carbocycles. The van der Waals surface area contributed by atoms with Gasteiger partial charge in [-0.15, -0.1) is 11.8 Å². The molecule has 1 amide bonds. The van der Waals surface area contributed by atoms with E-state index in [-0.39, 0.29) is 41.1 Å². The summed E-state index contributed by atoms with van der Waals surface area (Å²) in [6.45, 7) is 6.82. The van der Waals surface area contributed by atoms with E-state index in [4.69, 9.17) is 19.6 Å². The predicted octanol–water partition coefficient (Wildman–Crippen LogP) is 5.78. The minimum absolute atomic E-state index is 0.00634. The van der Waals surface area contributed by atoms with Crippen LogP contribution in [0.4, 0.5) is 13.2 Å². The molecular formula is C27H29F3N4O4S. The van der Waals surface area contributed by atoms with E-state index in [9.17, 15) is 18.0 Å². The Morgan fingerprint density at radius 3 is 2.54 bits per heavy atom. The Kier molecular flexibility index (Phi) is 8.38. The second-order valence-corrected chi connectivity index (χ2v) is 9.90. The van der Waals surface area contributed by atoms with Gasteiger partial charge in [-0.05, 0) is 49.4 Å². The minimum atomic E-state index is -4.63. The van der Waals surface area contributed by atoms with Gasteiger partial charge in [-0.3, -0.25) is 4.79 Å². The normalized spacial score (nSPS) is 15.7. The summed E-state index contributed by atoms with van der Waals surface area (Å²) >= 11 is 1.50. The Morgan fingerprint density at radius 2 is 1.95 bits per heavy atom. The van der Waals surface area contributed by atoms with Crippen molar-refractivity contribution < 1.29 is 31.9 Å². The molecule has 1 saturated heterocycles. The topological polar surface area (TPSA) is 104 Å². The molecule has 2 aromatic heterocycles. The third-order valence-corrected chi connectivity index (χ3v) is 7.81. The third-order valence-electron chi connectivity index (χ3n) is 6.75. The Balaban J connectivity index is 1.65. The standard InChI is InChI=1S/C27H29F3N4O4S/c1-5-14-39-16(2)26(37-4)10-12-34(13-11-26)25(35)23-20(15-31)38-24(33-23)18-6-8-19(36-3)22-17(18)7-9-21(32-22)27(28,29)30/h5-9,14H,2,10-13,15,31H2,1,3-4H3/b14-5-. The molecule has 1 aliphatic rings. The molecule has 8 nitrogen and oxygen atoms in total. The second kappa shape index (κ2) is 11.4. The number of aromatic nitrogens is 2. The first-order valence-corrected chi connectivity index (χ1v) is 13.0. The van der Waals surface area contributed by atoms with Crippen LogP contribution in [0.15, 0.2) is 51.7 Å². The SMILES string of the molecule is C=C(S/C=C\C)C1(OC)CCN(C(=O)c2nc(-c3ccc(OC)c4nc(C(F)(F)F)ccc34)oc2CN)CC1. The fourth-order valence-electron chi connectivity index (χ4n) is 4.55. The molecule has 0 bridgehead atoms. The van der Waals surface area contributed by atoms with E-state index in [0.29, 0.717) is 36.9 Å². The number of methoxy groups -OCH3 is 2. The number of halogens is 3. The lowest BCUT2D eigenvalue weighted by Crippen LogP contribution is -2.48. The van der Waals surface area contributed by atoms with Crippen LogP contribution < -0.4 is 10.5 Å². The largest absolute Gasteiger partial charge is 0.494 e. The number of hydrogen-bond donors (Lipinski definition) is 1. The minimum Gasteiger partial charge on any atom is -0.494 e. The van der Waals surface area contributed by atoms with Crippen molar-refractivity contribution in [3.05, 3.63) is 64.4 Å². The van der Waals surface area contributed by atoms with Crippen LogP contribution in [0.2, 0.25) is 0 Å². The lowest BCUT2D eigenvalue weighted by Gasteiger charge is -2.41. The van der Waals surface area contributed by atoms with Crippen molar-refractivity contribution in [3.63, 3.8) is 0 Å². The van der Waals surface area contributed by atoms with Gasteiger partial charge in [-0.25, -0.2) is 9.97 Å². The quantitative estimate of drug-likeness (QED) is 0.369. The Morgan fingerprint density at radius 1 is 1.23 bits per heavy atom. The highest BCUT2D eigenvalue weighted by molar-refractivity contribution is 8.05. The smallest absolute Gasteiger partial charge is 0.433 e. The van der Waals surface area contributed by atoms with Crippen LogP contribution in [0, 0.1) is 0 Å². The van der Waals surface area contributed by atoms with Gasteiger partial charge >= 0.3 is 6.18 Å². The van der Waals surface area contributed by atoms with E-state index in [1.165, 1.54) is 31.0 Å². The van der Waals surface area contributed by atoms with Gasteiger partial charge < -0.3 is 24.5 Å². The van der Waals surface area contributed by atoms with E-state index in [1.807, 2.05) is 18.4 Å². The summed E-state index contributed by atoms with van der Waals surface area (Å²) in [5.74, 6) is 0.0332. The van der Waals surface area contributed by atoms with Crippen LogP contribution in [0.3, 0.4) is 0 Å². The van der Waals surface area contributed by atoms with Crippen molar-refractivity contribution >= 4 is 28.6 Å². The molecular weight excluding hydrogens is 533 g/mol. The number of thioether (sulfide) groups is 1. The number of pyridine rings is 1. The number of carbonyl (C=O) groups is 1. The number of oxazole rings is 1. The fraction of sp³-hybridized carbons (Fsp3) is 0.370. The van der Waals surface area contributed by atoms with Gasteiger partial charge in [0.05, 0.1) is 13.7 Å². The number of likely N-dealkylation sites (tertiary alicyclic amines) is 1. The maximum absolute atomic E-state index is 13.5. The summed E-state index contributed by atoms with van der Waals surface area (Å²) in [5.41, 5.74) is 4.68. The number of allylic oxidation sites excluding steroid dienone is 1. The van der Waals surface area contributed by atoms with Crippen LogP contribution in [0.25, 0.3) is 22.4 Å². The number of rotatable bonds is 8. The summed E-state index contributed by atoms with van der Waals surface area (Å²) in [4.78, 5) is 24.2. The number of alkyl halides is 3. The van der Waals surface area contributed by atoms with Crippen LogP contribution >= 0.6 is 11.8 Å². The predicted molar refractivity (Wildman–Crippen MR) is 143 cm³/mol. The zero-order chi connectivity index (χ0) is 28.4. The average Bonchev–Trinajstić information content (AvgIpc) is 3.38. The second-order valence-electron chi connectivity index (χ2n) is 8.90. The molecule has 1 aromatic carbocycles. The maximum Gasteiger partial charge on any atom is 0.433 e. The van der Waals surface area contributed by atoms with Crippen molar-refractivity contribution in [1.29, 1.82) is 0 Å². The van der Waals surface area contributed by atoms with Crippen molar-refractivity contribution in [1.82, 2.24) is 14.9 Å². The fourth-order valence-corrected chi connectivity index (χ4v) is 5.35. The summed E-state index contributed by atoms with van der Waals surface area (Å²) < 4.78 is 56.8. The van der Waals surface area contributed by atoms with Crippen LogP contribution in [0.1, 0.15) is 41.7 Å². The number of benzene rings is 1. The Hall–Kier alpha value is -3.35. The van der Waals surface area contributed by atoms with Gasteiger partial charge in [-0.2, -0.15) is 13.2 Å². The highest BCUT2D eigenvalue weighted by Crippen LogP contribution is 2.40. The molecule has 1 aliphatic heterocycles. The summed E-state index contributed by atoms with van der Waals surface area (Å²) in [6, 6.07) is 5.23. The van der Waals surface area contributed by atoms with Crippen molar-refractivity contribution in [2.45, 2.75) is 38.1 Å². The number of nitrogens with two attached hydrogens (primary N) is 1. The van der Waals surface area contributed by atoms with Crippen LogP contribution in [0.5, 0.6) is 5.75 Å². The van der Waals surface area contributed by atoms with Crippen LogP contribution in [-0.2, 0) is 17.5 Å². The van der Waals surface area contributed by atoms with Crippen LogP contribution in [-0.4, -0.2) is 53.7 Å². The van der Waals surface area contributed by atoms with Gasteiger partial charge in [0.2, 0.25) is 5.89 Å². The number of ether oxygens (including phenoxy) is 2. The number of nitrogens with zero attached hydrogens (tertiary/aromatic N) is 3. The summed E-state index contributed by atoms with van der Waals surface area (Å²) in [7, 11) is 2.98. The van der Waals surface area contributed by atoms with E-state index in [2.05, 4.69) is 16.5 Å². The number of carbonyl (C=O) groups excluding carboxylic acids is 1. The van der Waals surface area contributed by atoms with Gasteiger partial charge in [0.1, 0.15) is 22.6 Å². The summed E-state index contributed by atoms with van der Waals surface area (Å²) in [6.07, 6.45) is -1.60. The first kappa shape index (κ1) is 28.7. The van der Waals surface area contributed by atoms with Crippen molar-refractivity contribution in [3.8, 4) is 17.2 Å². The van der Waals surface area contributed by atoms with E-state index >= 15 is 0 Å². The molecule has 3 aromatic rings. The molecule has 2 N–H and O–H groups in total. The first-order valence-electron chi connectivity index (χ1n) is 12.1. The van der Waals surface area contributed by atoms with Gasteiger partial charge in [0.15, 0.2) is 11.5 Å². The van der Waals surface area contributed by atoms with Gasteiger partial charge in [-0.1, -0.05) is 12.7 Å². The molecule has 12 heteroatoms. The summed E-state index contributed by atoms with van der Waals surface area (Å²) in [5, 5.41) is 2.26. The highest BCUT2D eigenvalue weighted by Gasteiger charge is 2.40. The molecule has 0 unspecified atom stereocenters. The maximum atomic E-state index is 13.5. The number of amides is 1. The molecule has 4 rings (SSSR count).